The van der Waals surface area contributed by atoms with E-state index in [4.69, 9.17) is 21.1 Å². The molecule has 0 radical (unpaired) electrons. The lowest BCUT2D eigenvalue weighted by molar-refractivity contribution is 0.146. The third kappa shape index (κ3) is 5.58. The van der Waals surface area contributed by atoms with Gasteiger partial charge >= 0.3 is 0 Å². The van der Waals surface area contributed by atoms with Crippen LogP contribution in [-0.2, 0) is 11.2 Å². The van der Waals surface area contributed by atoms with Crippen LogP contribution in [0, 0.1) is 0 Å². The van der Waals surface area contributed by atoms with Crippen LogP contribution in [0.25, 0.3) is 0 Å². The maximum absolute atomic E-state index is 6.15. The van der Waals surface area contributed by atoms with Gasteiger partial charge in [0, 0.05) is 24.4 Å². The standard InChI is InChI=1S/C18H22ClNO2/c1-21-13-14-22-17-10-8-16(9-11-17)20-12-4-6-15-5-2-3-7-18(15)19/h2-3,5,7-11,20H,4,6,12-14H2,1H3. The number of nitrogens with one attached hydrogen (secondary N) is 1. The van der Waals surface area contributed by atoms with Crippen LogP contribution in [0.15, 0.2) is 48.5 Å². The number of anilines is 1. The number of hydrogen-bond donors (Lipinski definition) is 1. The molecule has 0 atom stereocenters. The van der Waals surface area contributed by atoms with Gasteiger partial charge in [-0.05, 0) is 48.7 Å². The Kier molecular flexibility index (Phi) is 7.07. The predicted molar refractivity (Wildman–Crippen MR) is 92.1 cm³/mol. The van der Waals surface area contributed by atoms with Crippen LogP contribution in [0.4, 0.5) is 5.69 Å². The Balaban J connectivity index is 1.70. The maximum atomic E-state index is 6.15. The molecule has 0 aliphatic carbocycles. The Hall–Kier alpha value is -1.71. The van der Waals surface area contributed by atoms with Crippen molar-refractivity contribution in [3.63, 3.8) is 0 Å². The van der Waals surface area contributed by atoms with E-state index in [9.17, 15) is 0 Å². The minimum absolute atomic E-state index is 0.571. The highest BCUT2D eigenvalue weighted by molar-refractivity contribution is 6.31. The summed E-state index contributed by atoms with van der Waals surface area (Å²) >= 11 is 6.15. The fourth-order valence-corrected chi connectivity index (χ4v) is 2.35. The highest BCUT2D eigenvalue weighted by atomic mass is 35.5. The van der Waals surface area contributed by atoms with E-state index in [0.29, 0.717) is 13.2 Å². The van der Waals surface area contributed by atoms with Crippen molar-refractivity contribution in [2.75, 3.05) is 32.2 Å². The van der Waals surface area contributed by atoms with E-state index < -0.39 is 0 Å². The molecule has 0 heterocycles. The topological polar surface area (TPSA) is 30.5 Å². The summed E-state index contributed by atoms with van der Waals surface area (Å²) < 4.78 is 10.5. The number of ether oxygens (including phenoxy) is 2. The van der Waals surface area contributed by atoms with Gasteiger partial charge in [-0.2, -0.15) is 0 Å². The van der Waals surface area contributed by atoms with Crippen molar-refractivity contribution >= 4 is 17.3 Å². The fourth-order valence-electron chi connectivity index (χ4n) is 2.12. The van der Waals surface area contributed by atoms with Crippen LogP contribution in [-0.4, -0.2) is 26.9 Å². The van der Waals surface area contributed by atoms with Crippen LogP contribution in [0.2, 0.25) is 5.02 Å². The van der Waals surface area contributed by atoms with Gasteiger partial charge in [-0.15, -0.1) is 0 Å². The zero-order chi connectivity index (χ0) is 15.6. The molecule has 0 spiro atoms. The van der Waals surface area contributed by atoms with Gasteiger partial charge in [0.15, 0.2) is 0 Å². The molecule has 0 saturated carbocycles. The van der Waals surface area contributed by atoms with Crippen LogP contribution in [0.3, 0.4) is 0 Å². The van der Waals surface area contributed by atoms with Crippen LogP contribution in [0.5, 0.6) is 5.75 Å². The van der Waals surface area contributed by atoms with Crippen molar-refractivity contribution in [2.45, 2.75) is 12.8 Å². The quantitative estimate of drug-likeness (QED) is 0.694. The van der Waals surface area contributed by atoms with Crippen LogP contribution < -0.4 is 10.1 Å². The van der Waals surface area contributed by atoms with Gasteiger partial charge in [-0.3, -0.25) is 0 Å². The predicted octanol–water partition coefficient (Wildman–Crippen LogP) is 4.41. The maximum Gasteiger partial charge on any atom is 0.119 e. The number of methoxy groups -OCH3 is 1. The Morgan fingerprint density at radius 2 is 1.77 bits per heavy atom. The summed E-state index contributed by atoms with van der Waals surface area (Å²) in [7, 11) is 1.67. The largest absolute Gasteiger partial charge is 0.491 e. The molecule has 0 fully saturated rings. The molecule has 2 rings (SSSR count). The number of halogens is 1. The third-order valence-corrected chi connectivity index (χ3v) is 3.69. The van der Waals surface area contributed by atoms with E-state index in [-0.39, 0.29) is 0 Å². The smallest absolute Gasteiger partial charge is 0.119 e. The van der Waals surface area contributed by atoms with Gasteiger partial charge in [-0.1, -0.05) is 29.8 Å². The normalized spacial score (nSPS) is 10.5. The number of benzene rings is 2. The SMILES string of the molecule is COCCOc1ccc(NCCCc2ccccc2Cl)cc1. The molecule has 1 N–H and O–H groups in total. The summed E-state index contributed by atoms with van der Waals surface area (Å²) in [5.74, 6) is 0.860. The summed E-state index contributed by atoms with van der Waals surface area (Å²) in [6, 6.07) is 16.0. The number of rotatable bonds is 9. The summed E-state index contributed by atoms with van der Waals surface area (Å²) in [6.07, 6.45) is 2.01. The van der Waals surface area contributed by atoms with E-state index in [0.717, 1.165) is 35.8 Å². The second-order valence-corrected chi connectivity index (χ2v) is 5.39. The van der Waals surface area contributed by atoms with Crippen molar-refractivity contribution in [2.24, 2.45) is 0 Å². The van der Waals surface area contributed by atoms with E-state index in [1.54, 1.807) is 7.11 Å². The Bertz CT molecular complexity index is 557. The van der Waals surface area contributed by atoms with Crippen molar-refractivity contribution in [3.8, 4) is 5.75 Å². The summed E-state index contributed by atoms with van der Waals surface area (Å²) in [4.78, 5) is 0. The fraction of sp³-hybridized carbons (Fsp3) is 0.333. The summed E-state index contributed by atoms with van der Waals surface area (Å²) in [5, 5.41) is 4.25. The first kappa shape index (κ1) is 16.7. The number of hydrogen-bond acceptors (Lipinski definition) is 3. The summed E-state index contributed by atoms with van der Waals surface area (Å²) in [5.41, 5.74) is 2.30. The lowest BCUT2D eigenvalue weighted by Crippen LogP contribution is -2.05. The molecule has 3 nitrogen and oxygen atoms in total. The molecular formula is C18H22ClNO2. The Labute approximate surface area is 137 Å². The first-order chi connectivity index (χ1) is 10.8. The first-order valence-corrected chi connectivity index (χ1v) is 7.86. The van der Waals surface area contributed by atoms with Gasteiger partial charge in [0.2, 0.25) is 0 Å². The van der Waals surface area contributed by atoms with Crippen molar-refractivity contribution in [1.82, 2.24) is 0 Å². The molecule has 2 aromatic carbocycles. The van der Waals surface area contributed by atoms with Crippen molar-refractivity contribution in [3.05, 3.63) is 59.1 Å². The highest BCUT2D eigenvalue weighted by Crippen LogP contribution is 2.18. The molecular weight excluding hydrogens is 298 g/mol. The minimum Gasteiger partial charge on any atom is -0.491 e. The lowest BCUT2D eigenvalue weighted by atomic mass is 10.1. The van der Waals surface area contributed by atoms with Gasteiger partial charge in [-0.25, -0.2) is 0 Å². The van der Waals surface area contributed by atoms with Gasteiger partial charge in [0.25, 0.3) is 0 Å². The summed E-state index contributed by atoms with van der Waals surface area (Å²) in [6.45, 7) is 2.08. The molecule has 2 aromatic rings. The lowest BCUT2D eigenvalue weighted by Gasteiger charge is -2.09. The van der Waals surface area contributed by atoms with Crippen molar-refractivity contribution in [1.29, 1.82) is 0 Å². The Morgan fingerprint density at radius 3 is 2.50 bits per heavy atom. The molecule has 22 heavy (non-hydrogen) atoms. The molecule has 0 aromatic heterocycles. The average Bonchev–Trinajstić information content (AvgIpc) is 2.55. The zero-order valence-electron chi connectivity index (χ0n) is 12.8. The monoisotopic (exact) mass is 319 g/mol. The molecule has 4 heteroatoms. The van der Waals surface area contributed by atoms with Crippen LogP contribution in [0.1, 0.15) is 12.0 Å². The van der Waals surface area contributed by atoms with E-state index >= 15 is 0 Å². The van der Waals surface area contributed by atoms with E-state index in [2.05, 4.69) is 11.4 Å². The molecule has 0 aliphatic rings. The molecule has 0 bridgehead atoms. The van der Waals surface area contributed by atoms with Gasteiger partial charge < -0.3 is 14.8 Å². The van der Waals surface area contributed by atoms with E-state index in [1.807, 2.05) is 42.5 Å². The average molecular weight is 320 g/mol. The second kappa shape index (κ2) is 9.34. The third-order valence-electron chi connectivity index (χ3n) is 3.32. The molecule has 0 amide bonds. The van der Waals surface area contributed by atoms with Gasteiger partial charge in [0.05, 0.1) is 6.61 Å². The van der Waals surface area contributed by atoms with Crippen LogP contribution >= 0.6 is 11.6 Å². The number of aryl methyl sites for hydroxylation is 1. The first-order valence-electron chi connectivity index (χ1n) is 7.48. The second-order valence-electron chi connectivity index (χ2n) is 4.99. The minimum atomic E-state index is 0.571. The zero-order valence-corrected chi connectivity index (χ0v) is 13.6. The molecule has 0 saturated heterocycles. The van der Waals surface area contributed by atoms with Crippen molar-refractivity contribution < 1.29 is 9.47 Å². The highest BCUT2D eigenvalue weighted by Gasteiger charge is 1.99. The van der Waals surface area contributed by atoms with Gasteiger partial charge in [0.1, 0.15) is 12.4 Å². The molecule has 0 aliphatic heterocycles. The molecule has 0 unspecified atom stereocenters. The van der Waals surface area contributed by atoms with E-state index in [1.165, 1.54) is 5.56 Å². The molecule has 118 valence electrons. The Morgan fingerprint density at radius 1 is 1.00 bits per heavy atom.